The number of nitrogens with one attached hydrogen (secondary N) is 1. The van der Waals surface area contributed by atoms with Gasteiger partial charge < -0.3 is 5.11 Å². The number of hydrogen-bond acceptors (Lipinski definition) is 3. The van der Waals surface area contributed by atoms with Gasteiger partial charge in [-0.1, -0.05) is 19.8 Å². The van der Waals surface area contributed by atoms with Gasteiger partial charge in [0.2, 0.25) is 0 Å². The van der Waals surface area contributed by atoms with E-state index in [1.807, 2.05) is 0 Å². The van der Waals surface area contributed by atoms with Crippen LogP contribution in [0.25, 0.3) is 0 Å². The van der Waals surface area contributed by atoms with Gasteiger partial charge in [-0.15, -0.1) is 5.10 Å². The molecular weight excluding hydrogens is 194 g/mol. The summed E-state index contributed by atoms with van der Waals surface area (Å²) in [6.07, 6.45) is 4.43. The molecule has 2 N–H and O–H groups in total. The molecule has 0 amide bonds. The number of aromatic amines is 1. The zero-order valence-electron chi connectivity index (χ0n) is 8.73. The van der Waals surface area contributed by atoms with Crippen LogP contribution in [-0.4, -0.2) is 26.5 Å². The Balaban J connectivity index is 2.21. The second kappa shape index (κ2) is 4.00. The highest BCUT2D eigenvalue weighted by Crippen LogP contribution is 2.35. The summed E-state index contributed by atoms with van der Waals surface area (Å²) in [6, 6.07) is 0. The predicted octanol–water partition coefficient (Wildman–Crippen LogP) is 1.80. The monoisotopic (exact) mass is 209 g/mol. The number of aromatic nitrogens is 3. The first-order valence-corrected chi connectivity index (χ1v) is 5.32. The maximum absolute atomic E-state index is 10.9. The van der Waals surface area contributed by atoms with Crippen LogP contribution in [0.15, 0.2) is 0 Å². The number of aromatic carboxylic acids is 1. The molecule has 0 spiro atoms. The van der Waals surface area contributed by atoms with E-state index >= 15 is 0 Å². The average molecular weight is 209 g/mol. The molecule has 1 aliphatic rings. The number of hydrogen-bond donors (Lipinski definition) is 2. The molecule has 0 saturated heterocycles. The topological polar surface area (TPSA) is 78.9 Å². The predicted molar refractivity (Wildman–Crippen MR) is 53.7 cm³/mol. The largest absolute Gasteiger partial charge is 0.476 e. The lowest BCUT2D eigenvalue weighted by atomic mass is 9.80. The minimum Gasteiger partial charge on any atom is -0.476 e. The Morgan fingerprint density at radius 1 is 1.47 bits per heavy atom. The smallest absolute Gasteiger partial charge is 0.358 e. The molecule has 0 aromatic carbocycles. The Morgan fingerprint density at radius 3 is 2.93 bits per heavy atom. The van der Waals surface area contributed by atoms with Gasteiger partial charge in [-0.05, 0) is 18.8 Å². The zero-order valence-corrected chi connectivity index (χ0v) is 8.73. The summed E-state index contributed by atoms with van der Waals surface area (Å²) in [5.41, 5.74) is 0.725. The van der Waals surface area contributed by atoms with Crippen LogP contribution in [-0.2, 0) is 0 Å². The first-order chi connectivity index (χ1) is 7.18. The highest BCUT2D eigenvalue weighted by Gasteiger charge is 2.27. The Bertz CT molecular complexity index is 361. The summed E-state index contributed by atoms with van der Waals surface area (Å²) < 4.78 is 0. The van der Waals surface area contributed by atoms with Gasteiger partial charge in [0.05, 0.1) is 0 Å². The fraction of sp³-hybridized carbons (Fsp3) is 0.700. The molecule has 1 aliphatic carbocycles. The van der Waals surface area contributed by atoms with Crippen molar-refractivity contribution in [2.24, 2.45) is 5.92 Å². The van der Waals surface area contributed by atoms with Crippen molar-refractivity contribution >= 4 is 5.97 Å². The molecule has 1 aromatic rings. The number of carboxylic acids is 1. The van der Waals surface area contributed by atoms with Crippen LogP contribution in [0, 0.1) is 5.92 Å². The molecule has 2 rings (SSSR count). The summed E-state index contributed by atoms with van der Waals surface area (Å²) in [7, 11) is 0. The van der Waals surface area contributed by atoms with Gasteiger partial charge >= 0.3 is 5.97 Å². The molecule has 5 heteroatoms. The normalized spacial score (nSPS) is 26.5. The van der Waals surface area contributed by atoms with E-state index in [4.69, 9.17) is 5.11 Å². The molecule has 2 atom stereocenters. The van der Waals surface area contributed by atoms with Crippen molar-refractivity contribution in [2.45, 2.75) is 38.5 Å². The zero-order chi connectivity index (χ0) is 10.8. The van der Waals surface area contributed by atoms with Gasteiger partial charge in [0.25, 0.3) is 0 Å². The molecule has 2 unspecified atom stereocenters. The Labute approximate surface area is 87.9 Å². The summed E-state index contributed by atoms with van der Waals surface area (Å²) in [4.78, 5) is 10.9. The van der Waals surface area contributed by atoms with E-state index < -0.39 is 5.97 Å². The first kappa shape index (κ1) is 10.1. The number of H-pyrrole nitrogens is 1. The fourth-order valence-electron chi connectivity index (χ4n) is 2.36. The Hall–Kier alpha value is -1.39. The molecule has 1 heterocycles. The van der Waals surface area contributed by atoms with Gasteiger partial charge in [0.1, 0.15) is 5.69 Å². The van der Waals surface area contributed by atoms with Crippen molar-refractivity contribution in [3.63, 3.8) is 0 Å². The second-order valence-corrected chi connectivity index (χ2v) is 4.33. The molecule has 82 valence electrons. The number of nitrogens with zero attached hydrogens (tertiary/aromatic N) is 2. The van der Waals surface area contributed by atoms with Crippen LogP contribution in [0.1, 0.15) is 54.7 Å². The third kappa shape index (κ3) is 2.00. The average Bonchev–Trinajstić information content (AvgIpc) is 2.65. The standard InChI is InChI=1S/C10H15N3O2/c1-6-3-2-4-7(5-6)8-9(10(14)15)12-13-11-8/h6-7H,2-5H2,1H3,(H,14,15)(H,11,12,13). The maximum atomic E-state index is 10.9. The molecule has 5 nitrogen and oxygen atoms in total. The van der Waals surface area contributed by atoms with E-state index in [-0.39, 0.29) is 11.6 Å². The molecule has 0 bridgehead atoms. The van der Waals surface area contributed by atoms with Crippen LogP contribution in [0.4, 0.5) is 0 Å². The molecule has 0 aliphatic heterocycles. The van der Waals surface area contributed by atoms with Gasteiger partial charge in [-0.2, -0.15) is 10.3 Å². The van der Waals surface area contributed by atoms with Crippen LogP contribution < -0.4 is 0 Å². The summed E-state index contributed by atoms with van der Waals surface area (Å²) in [5, 5.41) is 19.0. The number of rotatable bonds is 2. The SMILES string of the molecule is CC1CCCC(c2n[nH]nc2C(=O)O)C1. The van der Waals surface area contributed by atoms with E-state index in [2.05, 4.69) is 22.3 Å². The van der Waals surface area contributed by atoms with Crippen molar-refractivity contribution in [2.75, 3.05) is 0 Å². The van der Waals surface area contributed by atoms with E-state index in [1.54, 1.807) is 0 Å². The highest BCUT2D eigenvalue weighted by molar-refractivity contribution is 5.86. The van der Waals surface area contributed by atoms with E-state index in [9.17, 15) is 4.79 Å². The minimum absolute atomic E-state index is 0.0918. The maximum Gasteiger partial charge on any atom is 0.358 e. The van der Waals surface area contributed by atoms with E-state index in [1.165, 1.54) is 6.42 Å². The minimum atomic E-state index is -0.989. The quantitative estimate of drug-likeness (QED) is 0.778. The van der Waals surface area contributed by atoms with Gasteiger partial charge in [-0.3, -0.25) is 0 Å². The van der Waals surface area contributed by atoms with E-state index in [0.717, 1.165) is 19.3 Å². The first-order valence-electron chi connectivity index (χ1n) is 5.32. The number of carboxylic acid groups (broad SMARTS) is 1. The molecule has 15 heavy (non-hydrogen) atoms. The lowest BCUT2D eigenvalue weighted by Crippen LogP contribution is -2.15. The van der Waals surface area contributed by atoms with Crippen LogP contribution in [0.3, 0.4) is 0 Å². The molecule has 1 fully saturated rings. The van der Waals surface area contributed by atoms with Crippen LogP contribution >= 0.6 is 0 Å². The third-order valence-corrected chi connectivity index (χ3v) is 3.10. The third-order valence-electron chi connectivity index (χ3n) is 3.10. The lowest BCUT2D eigenvalue weighted by Gasteiger charge is -2.25. The Morgan fingerprint density at radius 2 is 2.27 bits per heavy atom. The van der Waals surface area contributed by atoms with Gasteiger partial charge in [-0.25, -0.2) is 4.79 Å². The molecule has 0 radical (unpaired) electrons. The van der Waals surface area contributed by atoms with Crippen molar-refractivity contribution in [3.8, 4) is 0 Å². The van der Waals surface area contributed by atoms with Crippen molar-refractivity contribution in [1.82, 2.24) is 15.4 Å². The van der Waals surface area contributed by atoms with Gasteiger partial charge in [0.15, 0.2) is 5.69 Å². The number of carbonyl (C=O) groups is 1. The van der Waals surface area contributed by atoms with E-state index in [0.29, 0.717) is 11.6 Å². The van der Waals surface area contributed by atoms with Gasteiger partial charge in [0, 0.05) is 5.92 Å². The van der Waals surface area contributed by atoms with Crippen molar-refractivity contribution < 1.29 is 9.90 Å². The molecular formula is C10H15N3O2. The van der Waals surface area contributed by atoms with Crippen molar-refractivity contribution in [3.05, 3.63) is 11.4 Å². The molecule has 1 aromatic heterocycles. The summed E-state index contributed by atoms with van der Waals surface area (Å²) in [6.45, 7) is 2.20. The van der Waals surface area contributed by atoms with Crippen LogP contribution in [0.5, 0.6) is 0 Å². The highest BCUT2D eigenvalue weighted by atomic mass is 16.4. The second-order valence-electron chi connectivity index (χ2n) is 4.33. The van der Waals surface area contributed by atoms with Crippen LogP contribution in [0.2, 0.25) is 0 Å². The van der Waals surface area contributed by atoms with Crippen molar-refractivity contribution in [1.29, 1.82) is 0 Å². The Kier molecular flexibility index (Phi) is 2.70. The summed E-state index contributed by atoms with van der Waals surface area (Å²) in [5.74, 6) is -0.0716. The fourth-order valence-corrected chi connectivity index (χ4v) is 2.36. The molecule has 1 saturated carbocycles. The lowest BCUT2D eigenvalue weighted by molar-refractivity contribution is 0.0688. The summed E-state index contributed by atoms with van der Waals surface area (Å²) >= 11 is 0.